The van der Waals surface area contributed by atoms with Gasteiger partial charge in [0.2, 0.25) is 0 Å². The van der Waals surface area contributed by atoms with E-state index in [1.807, 2.05) is 44.2 Å². The van der Waals surface area contributed by atoms with E-state index in [1.165, 1.54) is 17.2 Å². The minimum Gasteiger partial charge on any atom is -0.488 e. The van der Waals surface area contributed by atoms with Crippen molar-refractivity contribution in [3.63, 3.8) is 0 Å². The lowest BCUT2D eigenvalue weighted by molar-refractivity contribution is -0.112. The van der Waals surface area contributed by atoms with Gasteiger partial charge < -0.3 is 10.1 Å². The summed E-state index contributed by atoms with van der Waals surface area (Å²) in [4.78, 5) is 12.5. The fourth-order valence-corrected chi connectivity index (χ4v) is 3.21. The third-order valence-corrected chi connectivity index (χ3v) is 4.61. The molecule has 150 valence electrons. The Balaban J connectivity index is 1.78. The first-order valence-corrected chi connectivity index (χ1v) is 9.80. The van der Waals surface area contributed by atoms with E-state index in [2.05, 4.69) is 23.5 Å². The lowest BCUT2D eigenvalue weighted by Crippen LogP contribution is -2.13. The zero-order chi connectivity index (χ0) is 21.5. The van der Waals surface area contributed by atoms with Gasteiger partial charge in [0.05, 0.1) is 0 Å². The molecule has 1 amide bonds. The Bertz CT molecular complexity index is 1110. The summed E-state index contributed by atoms with van der Waals surface area (Å²) in [6.45, 7) is 4.49. The topological polar surface area (TPSA) is 62.1 Å². The maximum absolute atomic E-state index is 12.5. The minimum atomic E-state index is -0.496. The molecule has 0 saturated carbocycles. The lowest BCUT2D eigenvalue weighted by atomic mass is 10.1. The second-order valence-corrected chi connectivity index (χ2v) is 7.39. The van der Waals surface area contributed by atoms with Crippen LogP contribution >= 0.6 is 11.6 Å². The molecule has 0 heterocycles. The van der Waals surface area contributed by atoms with Crippen molar-refractivity contribution in [3.05, 3.63) is 99.6 Å². The zero-order valence-corrected chi connectivity index (χ0v) is 17.5. The summed E-state index contributed by atoms with van der Waals surface area (Å²) in [5.74, 6) is 0.104. The highest BCUT2D eigenvalue weighted by Gasteiger charge is 2.11. The van der Waals surface area contributed by atoms with E-state index >= 15 is 0 Å². The lowest BCUT2D eigenvalue weighted by Gasteiger charge is -2.11. The SMILES string of the molecule is Cc1cc(C)cc(COc2ccccc2/C=C(\C#N)C(=O)Nc2ccc(Cl)cc2)c1. The molecule has 0 fully saturated rings. The summed E-state index contributed by atoms with van der Waals surface area (Å²) in [6.07, 6.45) is 1.53. The number of benzene rings is 3. The van der Waals surface area contributed by atoms with Crippen molar-refractivity contribution in [2.75, 3.05) is 5.32 Å². The first kappa shape index (κ1) is 21.2. The molecule has 0 spiro atoms. The van der Waals surface area contributed by atoms with Crippen LogP contribution in [0, 0.1) is 25.2 Å². The molecule has 4 nitrogen and oxygen atoms in total. The molecule has 30 heavy (non-hydrogen) atoms. The number of amides is 1. The van der Waals surface area contributed by atoms with Crippen LogP contribution in [0.1, 0.15) is 22.3 Å². The van der Waals surface area contributed by atoms with E-state index in [0.29, 0.717) is 28.6 Å². The number of nitrogens with one attached hydrogen (secondary N) is 1. The standard InChI is InChI=1S/C25H21ClN2O2/c1-17-11-18(2)13-19(12-17)16-30-24-6-4-3-5-20(24)14-21(15-27)25(29)28-23-9-7-22(26)8-10-23/h3-14H,16H2,1-2H3,(H,28,29)/b21-14+. The van der Waals surface area contributed by atoms with Gasteiger partial charge in [0.25, 0.3) is 5.91 Å². The second kappa shape index (κ2) is 9.78. The molecule has 3 rings (SSSR count). The molecule has 0 aliphatic heterocycles. The van der Waals surface area contributed by atoms with E-state index in [9.17, 15) is 10.1 Å². The molecule has 0 saturated heterocycles. The molecule has 3 aromatic rings. The van der Waals surface area contributed by atoms with E-state index in [1.54, 1.807) is 24.3 Å². The van der Waals surface area contributed by atoms with E-state index < -0.39 is 5.91 Å². The summed E-state index contributed by atoms with van der Waals surface area (Å²) in [5.41, 5.74) is 4.61. The van der Waals surface area contributed by atoms with Crippen LogP contribution in [-0.4, -0.2) is 5.91 Å². The zero-order valence-electron chi connectivity index (χ0n) is 16.8. The first-order valence-electron chi connectivity index (χ1n) is 9.42. The van der Waals surface area contributed by atoms with Gasteiger partial charge in [-0.05, 0) is 55.8 Å². The van der Waals surface area contributed by atoms with Gasteiger partial charge in [-0.25, -0.2) is 0 Å². The van der Waals surface area contributed by atoms with Crippen LogP contribution in [0.15, 0.2) is 72.3 Å². The Morgan fingerprint density at radius 1 is 1.07 bits per heavy atom. The third kappa shape index (κ3) is 5.73. The Hall–Kier alpha value is -3.55. The highest BCUT2D eigenvalue weighted by molar-refractivity contribution is 6.30. The van der Waals surface area contributed by atoms with Gasteiger partial charge in [-0.1, -0.05) is 59.1 Å². The van der Waals surface area contributed by atoms with Crippen LogP contribution in [0.4, 0.5) is 5.69 Å². The number of nitrogens with zero attached hydrogens (tertiary/aromatic N) is 1. The maximum atomic E-state index is 12.5. The van der Waals surface area contributed by atoms with Crippen LogP contribution in [-0.2, 0) is 11.4 Å². The molecular formula is C25H21ClN2O2. The second-order valence-electron chi connectivity index (χ2n) is 6.95. The van der Waals surface area contributed by atoms with Crippen molar-refractivity contribution in [3.8, 4) is 11.8 Å². The average Bonchev–Trinajstić information content (AvgIpc) is 2.72. The number of hydrogen-bond acceptors (Lipinski definition) is 3. The highest BCUT2D eigenvalue weighted by atomic mass is 35.5. The third-order valence-electron chi connectivity index (χ3n) is 4.36. The van der Waals surface area contributed by atoms with Crippen LogP contribution in [0.3, 0.4) is 0 Å². The summed E-state index contributed by atoms with van der Waals surface area (Å²) in [7, 11) is 0. The molecule has 5 heteroatoms. The molecule has 0 aliphatic carbocycles. The Morgan fingerprint density at radius 3 is 2.40 bits per heavy atom. The number of carbonyl (C=O) groups excluding carboxylic acids is 1. The molecule has 0 aliphatic rings. The molecule has 0 unspecified atom stereocenters. The van der Waals surface area contributed by atoms with Gasteiger partial charge in [0, 0.05) is 16.3 Å². The van der Waals surface area contributed by atoms with Crippen molar-refractivity contribution in [1.82, 2.24) is 0 Å². The average molecular weight is 417 g/mol. The molecule has 1 N–H and O–H groups in total. The van der Waals surface area contributed by atoms with Gasteiger partial charge in [-0.3, -0.25) is 4.79 Å². The molecule has 0 bridgehead atoms. The monoisotopic (exact) mass is 416 g/mol. The van der Waals surface area contributed by atoms with Gasteiger partial charge in [0.1, 0.15) is 24.0 Å². The fraction of sp³-hybridized carbons (Fsp3) is 0.120. The van der Waals surface area contributed by atoms with Gasteiger partial charge in [-0.2, -0.15) is 5.26 Å². The number of aryl methyl sites for hydroxylation is 2. The maximum Gasteiger partial charge on any atom is 0.266 e. The van der Waals surface area contributed by atoms with Crippen molar-refractivity contribution >= 4 is 29.3 Å². The van der Waals surface area contributed by atoms with Crippen molar-refractivity contribution in [2.24, 2.45) is 0 Å². The smallest absolute Gasteiger partial charge is 0.266 e. The van der Waals surface area contributed by atoms with Crippen LogP contribution < -0.4 is 10.1 Å². The first-order chi connectivity index (χ1) is 14.4. The van der Waals surface area contributed by atoms with Crippen LogP contribution in [0.25, 0.3) is 6.08 Å². The Labute approximate surface area is 181 Å². The van der Waals surface area contributed by atoms with E-state index in [0.717, 1.165) is 5.56 Å². The number of carbonyl (C=O) groups is 1. The van der Waals surface area contributed by atoms with Crippen molar-refractivity contribution in [2.45, 2.75) is 20.5 Å². The van der Waals surface area contributed by atoms with Crippen molar-refractivity contribution in [1.29, 1.82) is 5.26 Å². The largest absolute Gasteiger partial charge is 0.488 e. The number of halogens is 1. The predicted molar refractivity (Wildman–Crippen MR) is 120 cm³/mol. The summed E-state index contributed by atoms with van der Waals surface area (Å²) >= 11 is 5.86. The summed E-state index contributed by atoms with van der Waals surface area (Å²) in [6, 6.07) is 22.2. The molecule has 3 aromatic carbocycles. The quantitative estimate of drug-likeness (QED) is 0.391. The minimum absolute atomic E-state index is 0.0209. The van der Waals surface area contributed by atoms with Crippen molar-refractivity contribution < 1.29 is 9.53 Å². The Kier molecular flexibility index (Phi) is 6.90. The molecule has 0 radical (unpaired) electrons. The molecule has 0 aromatic heterocycles. The predicted octanol–water partition coefficient (Wildman–Crippen LogP) is 6.08. The number of hydrogen-bond donors (Lipinski definition) is 1. The number of nitriles is 1. The highest BCUT2D eigenvalue weighted by Crippen LogP contribution is 2.23. The number of rotatable bonds is 6. The molecule has 0 atom stereocenters. The number of anilines is 1. The van der Waals surface area contributed by atoms with E-state index in [4.69, 9.17) is 16.3 Å². The van der Waals surface area contributed by atoms with E-state index in [-0.39, 0.29) is 5.57 Å². The van der Waals surface area contributed by atoms with Gasteiger partial charge in [-0.15, -0.1) is 0 Å². The van der Waals surface area contributed by atoms with Crippen LogP contribution in [0.2, 0.25) is 5.02 Å². The van der Waals surface area contributed by atoms with Crippen LogP contribution in [0.5, 0.6) is 5.75 Å². The normalized spacial score (nSPS) is 10.9. The van der Waals surface area contributed by atoms with Gasteiger partial charge in [0.15, 0.2) is 0 Å². The Morgan fingerprint density at radius 2 is 1.73 bits per heavy atom. The number of para-hydroxylation sites is 1. The molecular weight excluding hydrogens is 396 g/mol. The van der Waals surface area contributed by atoms with Gasteiger partial charge >= 0.3 is 0 Å². The fourth-order valence-electron chi connectivity index (χ4n) is 3.08. The summed E-state index contributed by atoms with van der Waals surface area (Å²) < 4.78 is 5.99. The summed E-state index contributed by atoms with van der Waals surface area (Å²) in [5, 5.41) is 12.8. The number of ether oxygens (including phenoxy) is 1.